The topological polar surface area (TPSA) is 40.6 Å². The van der Waals surface area contributed by atoms with Gasteiger partial charge in [-0.1, -0.05) is 11.6 Å². The zero-order chi connectivity index (χ0) is 10.5. The van der Waals surface area contributed by atoms with Gasteiger partial charge in [0.05, 0.1) is 19.8 Å². The number of nitrogens with zero attached hydrogens (tertiary/aromatic N) is 1. The van der Waals surface area contributed by atoms with E-state index < -0.39 is 0 Å². The molecular weight excluding hydrogens is 218 g/mol. The summed E-state index contributed by atoms with van der Waals surface area (Å²) >= 11 is 5.72. The van der Waals surface area contributed by atoms with Crippen LogP contribution in [0.25, 0.3) is 0 Å². The van der Waals surface area contributed by atoms with Gasteiger partial charge in [-0.3, -0.25) is 0 Å². The molecule has 0 amide bonds. The molecule has 2 rings (SSSR count). The summed E-state index contributed by atoms with van der Waals surface area (Å²) in [5.41, 5.74) is 0. The van der Waals surface area contributed by atoms with Crippen LogP contribution in [0.15, 0.2) is 18.3 Å². The van der Waals surface area contributed by atoms with Crippen LogP contribution in [0, 0.1) is 0 Å². The Hall–Kier alpha value is -0.840. The molecule has 0 aromatic carbocycles. The highest BCUT2D eigenvalue weighted by atomic mass is 35.5. The second-order valence-electron chi connectivity index (χ2n) is 3.19. The first kappa shape index (κ1) is 10.7. The Morgan fingerprint density at radius 1 is 1.53 bits per heavy atom. The summed E-state index contributed by atoms with van der Waals surface area (Å²) in [6.45, 7) is 2.35. The maximum atomic E-state index is 5.72. The molecule has 1 aliphatic rings. The van der Waals surface area contributed by atoms with E-state index >= 15 is 0 Å². The van der Waals surface area contributed by atoms with Crippen LogP contribution in [0.4, 0.5) is 0 Å². The molecule has 1 aromatic rings. The fraction of sp³-hybridized carbons (Fsp3) is 0.500. The van der Waals surface area contributed by atoms with Crippen molar-refractivity contribution in [3.8, 4) is 5.75 Å². The molecule has 82 valence electrons. The Bertz CT molecular complexity index is 315. The summed E-state index contributed by atoms with van der Waals surface area (Å²) in [5.74, 6) is 0.698. The fourth-order valence-electron chi connectivity index (χ4n) is 1.30. The summed E-state index contributed by atoms with van der Waals surface area (Å²) in [4.78, 5) is 3.86. The molecule has 1 aromatic heterocycles. The van der Waals surface area contributed by atoms with Crippen LogP contribution in [-0.2, 0) is 9.47 Å². The average Bonchev–Trinajstić information content (AvgIpc) is 2.28. The lowest BCUT2D eigenvalue weighted by Crippen LogP contribution is -2.33. The van der Waals surface area contributed by atoms with Gasteiger partial charge in [-0.05, 0) is 6.07 Å². The first-order chi connectivity index (χ1) is 7.34. The van der Waals surface area contributed by atoms with Crippen LogP contribution in [0.3, 0.4) is 0 Å². The van der Waals surface area contributed by atoms with Crippen LogP contribution < -0.4 is 4.74 Å². The smallest absolute Gasteiger partial charge is 0.132 e. The van der Waals surface area contributed by atoms with Crippen molar-refractivity contribution in [2.45, 2.75) is 6.10 Å². The Kier molecular flexibility index (Phi) is 3.77. The van der Waals surface area contributed by atoms with Crippen LogP contribution in [0.1, 0.15) is 0 Å². The first-order valence-corrected chi connectivity index (χ1v) is 5.16. The van der Waals surface area contributed by atoms with Crippen molar-refractivity contribution in [2.75, 3.05) is 26.4 Å². The number of hydrogen-bond acceptors (Lipinski definition) is 4. The molecule has 0 bridgehead atoms. The van der Waals surface area contributed by atoms with Gasteiger partial charge in [0.15, 0.2) is 0 Å². The molecule has 1 fully saturated rings. The van der Waals surface area contributed by atoms with E-state index in [9.17, 15) is 0 Å². The predicted molar refractivity (Wildman–Crippen MR) is 55.3 cm³/mol. The third-order valence-corrected chi connectivity index (χ3v) is 2.23. The SMILES string of the molecule is Clc1cc(OC[C@@H]2COCCO2)ccn1. The Morgan fingerprint density at radius 3 is 3.20 bits per heavy atom. The lowest BCUT2D eigenvalue weighted by Gasteiger charge is -2.22. The highest BCUT2D eigenvalue weighted by molar-refractivity contribution is 6.29. The molecular formula is C10H12ClNO3. The zero-order valence-corrected chi connectivity index (χ0v) is 8.94. The normalized spacial score (nSPS) is 21.3. The highest BCUT2D eigenvalue weighted by Crippen LogP contribution is 2.15. The number of halogens is 1. The summed E-state index contributed by atoms with van der Waals surface area (Å²) in [7, 11) is 0. The third-order valence-electron chi connectivity index (χ3n) is 2.02. The van der Waals surface area contributed by atoms with E-state index in [0.717, 1.165) is 0 Å². The van der Waals surface area contributed by atoms with Gasteiger partial charge in [-0.15, -0.1) is 0 Å². The lowest BCUT2D eigenvalue weighted by atomic mass is 10.3. The molecule has 0 N–H and O–H groups in total. The summed E-state index contributed by atoms with van der Waals surface area (Å²) < 4.78 is 16.2. The molecule has 0 radical (unpaired) electrons. The number of rotatable bonds is 3. The molecule has 0 aliphatic carbocycles. The van der Waals surface area contributed by atoms with Gasteiger partial charge in [0, 0.05) is 12.3 Å². The molecule has 0 saturated carbocycles. The van der Waals surface area contributed by atoms with E-state index in [4.69, 9.17) is 25.8 Å². The van der Waals surface area contributed by atoms with Crippen LogP contribution in [0.5, 0.6) is 5.75 Å². The Morgan fingerprint density at radius 2 is 2.47 bits per heavy atom. The van der Waals surface area contributed by atoms with Gasteiger partial charge >= 0.3 is 0 Å². The minimum atomic E-state index is 0.00527. The minimum Gasteiger partial charge on any atom is -0.491 e. The molecule has 15 heavy (non-hydrogen) atoms. The van der Waals surface area contributed by atoms with Crippen LogP contribution in [-0.4, -0.2) is 37.5 Å². The standard InChI is InChI=1S/C10H12ClNO3/c11-10-5-8(1-2-12-10)15-7-9-6-13-3-4-14-9/h1-2,5,9H,3-4,6-7H2/t9-/m0/s1. The second kappa shape index (κ2) is 5.30. The average molecular weight is 230 g/mol. The van der Waals surface area contributed by atoms with Crippen molar-refractivity contribution in [3.05, 3.63) is 23.5 Å². The van der Waals surface area contributed by atoms with Gasteiger partial charge in [0.2, 0.25) is 0 Å². The lowest BCUT2D eigenvalue weighted by molar-refractivity contribution is -0.101. The van der Waals surface area contributed by atoms with E-state index in [1.54, 1.807) is 18.3 Å². The monoisotopic (exact) mass is 229 g/mol. The Balaban J connectivity index is 1.81. The van der Waals surface area contributed by atoms with Crippen molar-refractivity contribution < 1.29 is 14.2 Å². The number of hydrogen-bond donors (Lipinski definition) is 0. The van der Waals surface area contributed by atoms with E-state index in [2.05, 4.69) is 4.98 Å². The zero-order valence-electron chi connectivity index (χ0n) is 8.19. The number of ether oxygens (including phenoxy) is 3. The number of pyridine rings is 1. The highest BCUT2D eigenvalue weighted by Gasteiger charge is 2.14. The van der Waals surface area contributed by atoms with E-state index in [1.807, 2.05) is 0 Å². The number of aromatic nitrogens is 1. The van der Waals surface area contributed by atoms with Gasteiger partial charge in [-0.2, -0.15) is 0 Å². The summed E-state index contributed by atoms with van der Waals surface area (Å²) in [6, 6.07) is 3.43. The third kappa shape index (κ3) is 3.34. The summed E-state index contributed by atoms with van der Waals surface area (Å²) in [6.07, 6.45) is 1.61. The quantitative estimate of drug-likeness (QED) is 0.737. The maximum absolute atomic E-state index is 5.72. The molecule has 0 spiro atoms. The molecule has 1 saturated heterocycles. The van der Waals surface area contributed by atoms with Gasteiger partial charge in [-0.25, -0.2) is 4.98 Å². The molecule has 5 heteroatoms. The molecule has 2 heterocycles. The predicted octanol–water partition coefficient (Wildman–Crippen LogP) is 1.53. The fourth-order valence-corrected chi connectivity index (χ4v) is 1.46. The van der Waals surface area contributed by atoms with Crippen molar-refractivity contribution >= 4 is 11.6 Å². The van der Waals surface area contributed by atoms with Gasteiger partial charge < -0.3 is 14.2 Å². The summed E-state index contributed by atoms with van der Waals surface area (Å²) in [5, 5.41) is 0.424. The Labute approximate surface area is 93.1 Å². The molecule has 4 nitrogen and oxygen atoms in total. The van der Waals surface area contributed by atoms with Crippen molar-refractivity contribution in [1.29, 1.82) is 0 Å². The van der Waals surface area contributed by atoms with Crippen LogP contribution >= 0.6 is 11.6 Å². The van der Waals surface area contributed by atoms with Crippen molar-refractivity contribution in [3.63, 3.8) is 0 Å². The molecule has 1 atom stereocenters. The van der Waals surface area contributed by atoms with E-state index in [0.29, 0.717) is 37.3 Å². The van der Waals surface area contributed by atoms with Gasteiger partial charge in [0.25, 0.3) is 0 Å². The molecule has 1 aliphatic heterocycles. The molecule has 0 unspecified atom stereocenters. The van der Waals surface area contributed by atoms with Crippen LogP contribution in [0.2, 0.25) is 5.15 Å². The second-order valence-corrected chi connectivity index (χ2v) is 3.58. The minimum absolute atomic E-state index is 0.00527. The van der Waals surface area contributed by atoms with E-state index in [-0.39, 0.29) is 6.10 Å². The van der Waals surface area contributed by atoms with Crippen molar-refractivity contribution in [1.82, 2.24) is 4.98 Å². The largest absolute Gasteiger partial charge is 0.491 e. The van der Waals surface area contributed by atoms with Gasteiger partial charge in [0.1, 0.15) is 23.6 Å². The van der Waals surface area contributed by atoms with Crippen molar-refractivity contribution in [2.24, 2.45) is 0 Å². The first-order valence-electron chi connectivity index (χ1n) is 4.78. The maximum Gasteiger partial charge on any atom is 0.132 e. The van der Waals surface area contributed by atoms with E-state index in [1.165, 1.54) is 0 Å².